The van der Waals surface area contributed by atoms with Crippen LogP contribution in [0.25, 0.3) is 11.1 Å². The number of anilines is 1. The number of carbonyl (C=O) groups excluding carboxylic acids is 2. The number of amides is 2. The number of hydrogen-bond acceptors (Lipinski definition) is 7. The molecule has 0 N–H and O–H groups in total. The molecule has 5 fully saturated rings. The van der Waals surface area contributed by atoms with Crippen molar-refractivity contribution in [3.05, 3.63) is 60.0 Å². The standard InChI is InChI=1S/C42H57N5O5/c1-29(2)47-27-33(26-44-47)32-12-21-43-38(25-32)46(28-41-15-18-42(19-16-41,20-17-41)34-8-11-37(51-5)30(3)24-34)39(48)31-6-9-36(10-7-31)52-40(49)45-22-13-35(50-4)14-23-45/h8,11-12,21,24-27,29,31,35-36H,6-7,9-10,13-20,22-23,28H2,1-5H3. The lowest BCUT2D eigenvalue weighted by molar-refractivity contribution is -0.124. The quantitative estimate of drug-likeness (QED) is 0.209. The molecule has 3 heterocycles. The first kappa shape index (κ1) is 36.4. The highest BCUT2D eigenvalue weighted by Gasteiger charge is 2.51. The van der Waals surface area contributed by atoms with Crippen LogP contribution < -0.4 is 9.64 Å². The molecule has 4 saturated carbocycles. The van der Waals surface area contributed by atoms with Crippen LogP contribution in [-0.2, 0) is 19.7 Å². The van der Waals surface area contributed by atoms with Crippen LogP contribution >= 0.6 is 0 Å². The van der Waals surface area contributed by atoms with Crippen molar-refractivity contribution in [3.63, 3.8) is 0 Å². The molecule has 1 saturated heterocycles. The minimum atomic E-state index is -0.234. The molecule has 52 heavy (non-hydrogen) atoms. The molecule has 1 aliphatic heterocycles. The molecule has 0 unspecified atom stereocenters. The van der Waals surface area contributed by atoms with Gasteiger partial charge in [0.2, 0.25) is 5.91 Å². The van der Waals surface area contributed by atoms with Crippen LogP contribution in [0.2, 0.25) is 0 Å². The van der Waals surface area contributed by atoms with Gasteiger partial charge in [0.25, 0.3) is 0 Å². The molecular weight excluding hydrogens is 654 g/mol. The Balaban J connectivity index is 1.07. The maximum absolute atomic E-state index is 14.7. The first-order chi connectivity index (χ1) is 25.1. The van der Waals surface area contributed by atoms with E-state index in [9.17, 15) is 9.59 Å². The zero-order chi connectivity index (χ0) is 36.5. The van der Waals surface area contributed by atoms with Gasteiger partial charge in [-0.2, -0.15) is 5.10 Å². The Morgan fingerprint density at radius 2 is 1.62 bits per heavy atom. The smallest absolute Gasteiger partial charge is 0.410 e. The summed E-state index contributed by atoms with van der Waals surface area (Å²) in [6, 6.07) is 11.1. The molecule has 10 heteroatoms. The summed E-state index contributed by atoms with van der Waals surface area (Å²) in [5.41, 5.74) is 4.90. The first-order valence-electron chi connectivity index (χ1n) is 19.6. The van der Waals surface area contributed by atoms with Crippen molar-refractivity contribution in [2.75, 3.05) is 38.8 Å². The number of pyridine rings is 1. The number of fused-ring (bicyclic) bond motifs is 3. The lowest BCUT2D eigenvalue weighted by atomic mass is 9.51. The van der Waals surface area contributed by atoms with Crippen molar-refractivity contribution in [2.45, 2.75) is 121 Å². The third-order valence-electron chi connectivity index (χ3n) is 13.0. The molecule has 2 bridgehead atoms. The lowest BCUT2D eigenvalue weighted by Crippen LogP contribution is -2.52. The number of ether oxygens (including phenoxy) is 3. The van der Waals surface area contributed by atoms with Crippen LogP contribution in [0.15, 0.2) is 48.9 Å². The molecule has 1 aromatic carbocycles. The van der Waals surface area contributed by atoms with Crippen LogP contribution in [0.3, 0.4) is 0 Å². The SMILES string of the molecule is COc1ccc(C23CCC(CN(C(=O)C4CCC(OC(=O)N5CCC(OC)CC5)CC4)c4cc(-c5cnn(C(C)C)c5)ccn4)(CC2)CC3)cc1C. The van der Waals surface area contributed by atoms with E-state index in [1.807, 2.05) is 28.0 Å². The second-order valence-corrected chi connectivity index (χ2v) is 16.4. The number of piperidine rings is 1. The number of aromatic nitrogens is 3. The predicted octanol–water partition coefficient (Wildman–Crippen LogP) is 8.27. The second kappa shape index (κ2) is 15.2. The molecule has 2 amide bonds. The van der Waals surface area contributed by atoms with E-state index >= 15 is 0 Å². The number of likely N-dealkylation sites (tertiary alicyclic amines) is 1. The van der Waals surface area contributed by atoms with Crippen LogP contribution in [0.1, 0.15) is 108 Å². The molecule has 5 aliphatic rings. The third-order valence-corrected chi connectivity index (χ3v) is 13.0. The van der Waals surface area contributed by atoms with Gasteiger partial charge in [-0.25, -0.2) is 9.78 Å². The van der Waals surface area contributed by atoms with Gasteiger partial charge in [-0.05, 0) is 144 Å². The number of rotatable bonds is 10. The largest absolute Gasteiger partial charge is 0.496 e. The van der Waals surface area contributed by atoms with Crippen LogP contribution in [0, 0.1) is 18.3 Å². The zero-order valence-corrected chi connectivity index (χ0v) is 31.8. The van der Waals surface area contributed by atoms with Crippen molar-refractivity contribution >= 4 is 17.8 Å². The zero-order valence-electron chi connectivity index (χ0n) is 31.8. The summed E-state index contributed by atoms with van der Waals surface area (Å²) in [6.45, 7) is 8.37. The fourth-order valence-electron chi connectivity index (χ4n) is 9.40. The topological polar surface area (TPSA) is 99.0 Å². The highest BCUT2D eigenvalue weighted by molar-refractivity contribution is 5.95. The molecule has 0 spiro atoms. The van der Waals surface area contributed by atoms with Crippen molar-refractivity contribution in [1.29, 1.82) is 0 Å². The maximum Gasteiger partial charge on any atom is 0.410 e. The molecule has 10 nitrogen and oxygen atoms in total. The number of carbonyl (C=O) groups is 2. The fraction of sp³-hybridized carbons (Fsp3) is 0.619. The first-order valence-corrected chi connectivity index (χ1v) is 19.6. The Morgan fingerprint density at radius 3 is 2.23 bits per heavy atom. The summed E-state index contributed by atoms with van der Waals surface area (Å²) >= 11 is 0. The van der Waals surface area contributed by atoms with Gasteiger partial charge < -0.3 is 19.1 Å². The van der Waals surface area contributed by atoms with E-state index in [0.29, 0.717) is 45.3 Å². The van der Waals surface area contributed by atoms with Gasteiger partial charge in [0.15, 0.2) is 0 Å². The summed E-state index contributed by atoms with van der Waals surface area (Å²) in [5, 5.41) is 4.57. The van der Waals surface area contributed by atoms with Gasteiger partial charge in [0.1, 0.15) is 17.7 Å². The minimum absolute atomic E-state index is 0.0577. The molecule has 0 atom stereocenters. The van der Waals surface area contributed by atoms with E-state index in [-0.39, 0.29) is 47.0 Å². The molecule has 4 aliphatic carbocycles. The number of benzene rings is 1. The van der Waals surface area contributed by atoms with E-state index in [4.69, 9.17) is 19.2 Å². The normalized spacial score (nSPS) is 26.4. The van der Waals surface area contributed by atoms with Gasteiger partial charge >= 0.3 is 6.09 Å². The summed E-state index contributed by atoms with van der Waals surface area (Å²) in [4.78, 5) is 36.4. The van der Waals surface area contributed by atoms with E-state index in [1.165, 1.54) is 11.1 Å². The van der Waals surface area contributed by atoms with Gasteiger partial charge in [-0.3, -0.25) is 14.4 Å². The molecule has 8 rings (SSSR count). The highest BCUT2D eigenvalue weighted by atomic mass is 16.6. The second-order valence-electron chi connectivity index (χ2n) is 16.4. The van der Waals surface area contributed by atoms with Gasteiger partial charge in [0, 0.05) is 56.7 Å². The number of nitrogens with zero attached hydrogens (tertiary/aromatic N) is 5. The summed E-state index contributed by atoms with van der Waals surface area (Å²) < 4.78 is 19.0. The molecule has 280 valence electrons. The van der Waals surface area contributed by atoms with Gasteiger partial charge in [-0.1, -0.05) is 12.1 Å². The number of aryl methyl sites for hydroxylation is 1. The highest BCUT2D eigenvalue weighted by Crippen LogP contribution is 2.58. The Hall–Kier alpha value is -3.92. The van der Waals surface area contributed by atoms with Crippen LogP contribution in [0.5, 0.6) is 5.75 Å². The average molecular weight is 712 g/mol. The van der Waals surface area contributed by atoms with Crippen molar-refractivity contribution in [3.8, 4) is 16.9 Å². The average Bonchev–Trinajstić information content (AvgIpc) is 3.69. The van der Waals surface area contributed by atoms with Crippen molar-refractivity contribution in [1.82, 2.24) is 19.7 Å². The van der Waals surface area contributed by atoms with E-state index in [2.05, 4.69) is 56.3 Å². The fourth-order valence-corrected chi connectivity index (χ4v) is 9.40. The summed E-state index contributed by atoms with van der Waals surface area (Å²) in [7, 11) is 3.47. The monoisotopic (exact) mass is 711 g/mol. The predicted molar refractivity (Wildman–Crippen MR) is 202 cm³/mol. The minimum Gasteiger partial charge on any atom is -0.496 e. The summed E-state index contributed by atoms with van der Waals surface area (Å²) in [5.74, 6) is 1.68. The molecule has 3 aromatic rings. The van der Waals surface area contributed by atoms with E-state index in [1.54, 1.807) is 19.1 Å². The number of methoxy groups -OCH3 is 2. The Labute approximate surface area is 309 Å². The Bertz CT molecular complexity index is 1700. The summed E-state index contributed by atoms with van der Waals surface area (Å²) in [6.07, 6.45) is 16.7. The molecule has 0 radical (unpaired) electrons. The van der Waals surface area contributed by atoms with Crippen molar-refractivity contribution in [2.24, 2.45) is 11.3 Å². The number of hydrogen-bond donors (Lipinski definition) is 0. The van der Waals surface area contributed by atoms with Crippen molar-refractivity contribution < 1.29 is 23.8 Å². The van der Waals surface area contributed by atoms with E-state index < -0.39 is 0 Å². The van der Waals surface area contributed by atoms with Gasteiger partial charge in [-0.15, -0.1) is 0 Å². The molecular formula is C42H57N5O5. The van der Waals surface area contributed by atoms with Crippen LogP contribution in [0.4, 0.5) is 10.6 Å². The van der Waals surface area contributed by atoms with Crippen LogP contribution in [-0.4, -0.2) is 77.7 Å². The Morgan fingerprint density at radius 1 is 0.904 bits per heavy atom. The lowest BCUT2D eigenvalue weighted by Gasteiger charge is -2.55. The third kappa shape index (κ3) is 7.45. The Kier molecular flexibility index (Phi) is 10.7. The molecule has 2 aromatic heterocycles. The van der Waals surface area contributed by atoms with Gasteiger partial charge in [0.05, 0.1) is 19.4 Å². The van der Waals surface area contributed by atoms with E-state index in [0.717, 1.165) is 74.1 Å². The maximum atomic E-state index is 14.7.